The Morgan fingerprint density at radius 1 is 1.25 bits per heavy atom. The van der Waals surface area contributed by atoms with E-state index in [9.17, 15) is 0 Å². The molecule has 0 fully saturated rings. The van der Waals surface area contributed by atoms with Crippen molar-refractivity contribution in [1.82, 2.24) is 9.97 Å². The van der Waals surface area contributed by atoms with E-state index in [2.05, 4.69) is 25.9 Å². The van der Waals surface area contributed by atoms with Crippen LogP contribution in [0.2, 0.25) is 0 Å². The standard InChI is InChI=1S/C11H10BrN3O/c1-7-2-3-9(8(12)6-7)16-11-10(13)14-4-5-15-11/h2-6H,1H3,(H2,13,14). The minimum Gasteiger partial charge on any atom is -0.435 e. The molecule has 0 amide bonds. The minimum absolute atomic E-state index is 0.273. The molecule has 0 aliphatic heterocycles. The molecule has 16 heavy (non-hydrogen) atoms. The molecule has 5 heteroatoms. The molecule has 1 aromatic carbocycles. The third-order valence-corrected chi connectivity index (χ3v) is 2.60. The van der Waals surface area contributed by atoms with Crippen molar-refractivity contribution in [2.75, 3.05) is 5.73 Å². The predicted molar refractivity (Wildman–Crippen MR) is 65.4 cm³/mol. The average molecular weight is 280 g/mol. The zero-order valence-corrected chi connectivity index (χ0v) is 10.2. The molecule has 0 spiro atoms. The molecule has 0 unspecified atom stereocenters. The van der Waals surface area contributed by atoms with Gasteiger partial charge in [-0.05, 0) is 40.5 Å². The first-order valence-electron chi connectivity index (χ1n) is 4.67. The summed E-state index contributed by atoms with van der Waals surface area (Å²) in [4.78, 5) is 7.90. The Morgan fingerprint density at radius 3 is 2.69 bits per heavy atom. The third kappa shape index (κ3) is 2.30. The van der Waals surface area contributed by atoms with Gasteiger partial charge in [-0.25, -0.2) is 9.97 Å². The number of ether oxygens (including phenoxy) is 1. The summed E-state index contributed by atoms with van der Waals surface area (Å²) in [5, 5.41) is 0. The van der Waals surface area contributed by atoms with Crippen LogP contribution in [0.15, 0.2) is 35.1 Å². The number of nitrogens with zero attached hydrogens (tertiary/aromatic N) is 2. The molecule has 0 saturated carbocycles. The average Bonchev–Trinajstić information content (AvgIpc) is 2.25. The van der Waals surface area contributed by atoms with Crippen LogP contribution in [0.25, 0.3) is 0 Å². The summed E-state index contributed by atoms with van der Waals surface area (Å²) in [6.45, 7) is 2.01. The fourth-order valence-corrected chi connectivity index (χ4v) is 1.78. The van der Waals surface area contributed by atoms with Gasteiger partial charge in [0.2, 0.25) is 0 Å². The Bertz CT molecular complexity index is 516. The van der Waals surface area contributed by atoms with Crippen molar-refractivity contribution in [3.63, 3.8) is 0 Å². The highest BCUT2D eigenvalue weighted by molar-refractivity contribution is 9.10. The number of benzene rings is 1. The summed E-state index contributed by atoms with van der Waals surface area (Å²) in [5.41, 5.74) is 6.78. The van der Waals surface area contributed by atoms with Crippen molar-refractivity contribution in [3.8, 4) is 11.6 Å². The molecular formula is C11H10BrN3O. The van der Waals surface area contributed by atoms with Crippen LogP contribution in [-0.2, 0) is 0 Å². The van der Waals surface area contributed by atoms with Gasteiger partial charge in [-0.1, -0.05) is 6.07 Å². The zero-order chi connectivity index (χ0) is 11.5. The highest BCUT2D eigenvalue weighted by Gasteiger charge is 2.07. The number of hydrogen-bond acceptors (Lipinski definition) is 4. The van der Waals surface area contributed by atoms with Gasteiger partial charge in [0.1, 0.15) is 5.75 Å². The molecule has 0 bridgehead atoms. The summed E-state index contributed by atoms with van der Waals surface area (Å²) in [5.74, 6) is 1.25. The molecular weight excluding hydrogens is 270 g/mol. The molecule has 1 aromatic heterocycles. The number of rotatable bonds is 2. The van der Waals surface area contributed by atoms with Crippen LogP contribution in [0.5, 0.6) is 11.6 Å². The fraction of sp³-hybridized carbons (Fsp3) is 0.0909. The van der Waals surface area contributed by atoms with Gasteiger partial charge in [-0.3, -0.25) is 0 Å². The third-order valence-electron chi connectivity index (χ3n) is 1.99. The van der Waals surface area contributed by atoms with Crippen molar-refractivity contribution in [3.05, 3.63) is 40.6 Å². The number of nitrogens with two attached hydrogens (primary N) is 1. The Hall–Kier alpha value is -1.62. The lowest BCUT2D eigenvalue weighted by Crippen LogP contribution is -1.97. The largest absolute Gasteiger partial charge is 0.435 e. The monoisotopic (exact) mass is 279 g/mol. The van der Waals surface area contributed by atoms with Gasteiger partial charge < -0.3 is 10.5 Å². The van der Waals surface area contributed by atoms with E-state index in [4.69, 9.17) is 10.5 Å². The van der Waals surface area contributed by atoms with E-state index in [1.165, 1.54) is 12.4 Å². The van der Waals surface area contributed by atoms with E-state index in [0.717, 1.165) is 10.0 Å². The number of halogens is 1. The molecule has 0 aliphatic carbocycles. The smallest absolute Gasteiger partial charge is 0.262 e. The summed E-state index contributed by atoms with van der Waals surface area (Å²) >= 11 is 3.42. The van der Waals surface area contributed by atoms with Crippen molar-refractivity contribution in [2.45, 2.75) is 6.92 Å². The van der Waals surface area contributed by atoms with Gasteiger partial charge in [-0.15, -0.1) is 0 Å². The molecule has 1 heterocycles. The number of nitrogen functional groups attached to an aromatic ring is 1. The number of hydrogen-bond donors (Lipinski definition) is 1. The van der Waals surface area contributed by atoms with Crippen molar-refractivity contribution < 1.29 is 4.74 Å². The first-order chi connectivity index (χ1) is 7.66. The van der Waals surface area contributed by atoms with Gasteiger partial charge in [0.05, 0.1) is 4.47 Å². The zero-order valence-electron chi connectivity index (χ0n) is 8.64. The van der Waals surface area contributed by atoms with Crippen LogP contribution in [0.3, 0.4) is 0 Å². The van der Waals surface area contributed by atoms with E-state index in [1.54, 1.807) is 0 Å². The van der Waals surface area contributed by atoms with Crippen molar-refractivity contribution in [2.24, 2.45) is 0 Å². The van der Waals surface area contributed by atoms with E-state index in [-0.39, 0.29) is 5.82 Å². The Morgan fingerprint density at radius 2 is 2.00 bits per heavy atom. The van der Waals surface area contributed by atoms with Crippen LogP contribution in [0.4, 0.5) is 5.82 Å². The lowest BCUT2D eigenvalue weighted by Gasteiger charge is -2.08. The maximum Gasteiger partial charge on any atom is 0.262 e. The molecule has 0 aliphatic rings. The molecule has 2 N–H and O–H groups in total. The highest BCUT2D eigenvalue weighted by atomic mass is 79.9. The lowest BCUT2D eigenvalue weighted by atomic mass is 10.2. The van der Waals surface area contributed by atoms with Gasteiger partial charge in [0.15, 0.2) is 5.82 Å². The molecule has 2 aromatic rings. The summed E-state index contributed by atoms with van der Waals surface area (Å²) < 4.78 is 6.41. The maximum atomic E-state index is 5.63. The topological polar surface area (TPSA) is 61.0 Å². The summed E-state index contributed by atoms with van der Waals surface area (Å²) in [7, 11) is 0. The predicted octanol–water partition coefficient (Wildman–Crippen LogP) is 2.92. The fourth-order valence-electron chi connectivity index (χ4n) is 1.21. The molecule has 0 saturated heterocycles. The molecule has 4 nitrogen and oxygen atoms in total. The Kier molecular flexibility index (Phi) is 3.05. The van der Waals surface area contributed by atoms with Gasteiger partial charge in [0.25, 0.3) is 5.88 Å². The number of aromatic nitrogens is 2. The Labute approximate surface area is 102 Å². The first-order valence-corrected chi connectivity index (χ1v) is 5.46. The molecule has 82 valence electrons. The summed E-state index contributed by atoms with van der Waals surface area (Å²) in [6.07, 6.45) is 3.06. The van der Waals surface area contributed by atoms with Crippen LogP contribution >= 0.6 is 15.9 Å². The van der Waals surface area contributed by atoms with E-state index < -0.39 is 0 Å². The van der Waals surface area contributed by atoms with E-state index in [1.807, 2.05) is 25.1 Å². The summed E-state index contributed by atoms with van der Waals surface area (Å²) in [6, 6.07) is 5.77. The normalized spacial score (nSPS) is 10.1. The van der Waals surface area contributed by atoms with Gasteiger partial charge >= 0.3 is 0 Å². The Balaban J connectivity index is 2.31. The van der Waals surface area contributed by atoms with Crippen LogP contribution in [-0.4, -0.2) is 9.97 Å². The lowest BCUT2D eigenvalue weighted by molar-refractivity contribution is 0.460. The highest BCUT2D eigenvalue weighted by Crippen LogP contribution is 2.30. The SMILES string of the molecule is Cc1ccc(Oc2nccnc2N)c(Br)c1. The van der Waals surface area contributed by atoms with Gasteiger partial charge in [-0.2, -0.15) is 0 Å². The van der Waals surface area contributed by atoms with Crippen LogP contribution in [0.1, 0.15) is 5.56 Å². The quantitative estimate of drug-likeness (QED) is 0.918. The first kappa shape index (κ1) is 10.9. The van der Waals surface area contributed by atoms with Crippen LogP contribution in [0, 0.1) is 6.92 Å². The second-order valence-corrected chi connectivity index (χ2v) is 4.14. The molecule has 2 rings (SSSR count). The minimum atomic E-state index is 0.273. The number of aryl methyl sites for hydroxylation is 1. The van der Waals surface area contributed by atoms with E-state index in [0.29, 0.717) is 11.6 Å². The molecule has 0 radical (unpaired) electrons. The van der Waals surface area contributed by atoms with Crippen molar-refractivity contribution >= 4 is 21.7 Å². The maximum absolute atomic E-state index is 5.63. The second-order valence-electron chi connectivity index (χ2n) is 3.28. The van der Waals surface area contributed by atoms with Gasteiger partial charge in [0, 0.05) is 12.4 Å². The number of anilines is 1. The molecule has 0 atom stereocenters. The van der Waals surface area contributed by atoms with E-state index >= 15 is 0 Å². The van der Waals surface area contributed by atoms with Crippen LogP contribution < -0.4 is 10.5 Å². The van der Waals surface area contributed by atoms with Crippen molar-refractivity contribution in [1.29, 1.82) is 0 Å². The second kappa shape index (κ2) is 4.49.